The van der Waals surface area contributed by atoms with Crippen molar-refractivity contribution in [3.8, 4) is 0 Å². The van der Waals surface area contributed by atoms with Crippen molar-refractivity contribution < 1.29 is 4.79 Å². The minimum atomic E-state index is 0.0685. The Morgan fingerprint density at radius 2 is 1.75 bits per heavy atom. The van der Waals surface area contributed by atoms with Crippen LogP contribution in [0.3, 0.4) is 0 Å². The number of carbonyl (C=O) groups is 1. The molecule has 0 bridgehead atoms. The molecule has 0 aromatic rings. The zero-order chi connectivity index (χ0) is 14.0. The van der Waals surface area contributed by atoms with Crippen LogP contribution in [0.5, 0.6) is 0 Å². The maximum Gasteiger partial charge on any atom is 0.139 e. The molecular weight excluding hydrogens is 244 g/mol. The van der Waals surface area contributed by atoms with Crippen LogP contribution in [0.1, 0.15) is 78.1 Å². The molecule has 0 aromatic heterocycles. The molecule has 0 amide bonds. The van der Waals surface area contributed by atoms with Gasteiger partial charge in [-0.05, 0) is 67.6 Å². The van der Waals surface area contributed by atoms with E-state index in [-0.39, 0.29) is 5.41 Å². The number of Topliss-reactive ketones (excluding diaryl/α,β-unsaturated/α-hetero) is 1. The highest BCUT2D eigenvalue weighted by Gasteiger charge is 2.60. The van der Waals surface area contributed by atoms with E-state index >= 15 is 0 Å². The molecule has 0 spiro atoms. The van der Waals surface area contributed by atoms with Crippen LogP contribution in [0.4, 0.5) is 0 Å². The lowest BCUT2D eigenvalue weighted by Crippen LogP contribution is -2.54. The number of hydrogen-bond acceptors (Lipinski definition) is 1. The summed E-state index contributed by atoms with van der Waals surface area (Å²) in [7, 11) is 0. The molecule has 0 saturated heterocycles. The normalized spacial score (nSPS) is 55.0. The number of rotatable bonds is 0. The maximum absolute atomic E-state index is 12.9. The quantitative estimate of drug-likeness (QED) is 0.608. The summed E-state index contributed by atoms with van der Waals surface area (Å²) in [6.07, 6.45) is 13.3. The van der Waals surface area contributed by atoms with E-state index in [0.717, 1.165) is 30.1 Å². The predicted molar refractivity (Wildman–Crippen MR) is 81.4 cm³/mol. The molecule has 0 unspecified atom stereocenters. The Morgan fingerprint density at radius 1 is 0.900 bits per heavy atom. The van der Waals surface area contributed by atoms with Crippen LogP contribution in [0.25, 0.3) is 0 Å². The first kappa shape index (κ1) is 13.3. The molecule has 6 atom stereocenters. The first-order valence-electron chi connectivity index (χ1n) is 9.09. The molecule has 20 heavy (non-hydrogen) atoms. The largest absolute Gasteiger partial charge is 0.299 e. The molecule has 112 valence electrons. The van der Waals surface area contributed by atoms with Crippen LogP contribution in [0.2, 0.25) is 0 Å². The Bertz CT molecular complexity index is 427. The monoisotopic (exact) mass is 274 g/mol. The smallest absolute Gasteiger partial charge is 0.139 e. The Labute approximate surface area is 123 Å². The van der Waals surface area contributed by atoms with Crippen molar-refractivity contribution in [3.05, 3.63) is 0 Å². The van der Waals surface area contributed by atoms with E-state index < -0.39 is 0 Å². The fraction of sp³-hybridized carbons (Fsp3) is 0.947. The summed E-state index contributed by atoms with van der Waals surface area (Å²) >= 11 is 0. The van der Waals surface area contributed by atoms with Crippen LogP contribution < -0.4 is 0 Å². The molecule has 1 heteroatoms. The van der Waals surface area contributed by atoms with Gasteiger partial charge in [0.2, 0.25) is 0 Å². The van der Waals surface area contributed by atoms with Crippen molar-refractivity contribution in [1.82, 2.24) is 0 Å². The Morgan fingerprint density at radius 3 is 2.60 bits per heavy atom. The second-order valence-electron chi connectivity index (χ2n) is 8.84. The number of carbonyl (C=O) groups excluding carboxylic acids is 1. The third-order valence-corrected chi connectivity index (χ3v) is 8.25. The summed E-state index contributed by atoms with van der Waals surface area (Å²) in [5, 5.41) is 0. The summed E-state index contributed by atoms with van der Waals surface area (Å²) in [5.41, 5.74) is 0.569. The van der Waals surface area contributed by atoms with Crippen molar-refractivity contribution in [3.63, 3.8) is 0 Å². The average molecular weight is 274 g/mol. The maximum atomic E-state index is 12.9. The number of hydrogen-bond donors (Lipinski definition) is 0. The molecule has 0 N–H and O–H groups in total. The Hall–Kier alpha value is -0.330. The van der Waals surface area contributed by atoms with Gasteiger partial charge in [0, 0.05) is 11.8 Å². The van der Waals surface area contributed by atoms with Crippen LogP contribution in [0.15, 0.2) is 0 Å². The predicted octanol–water partition coefficient (Wildman–Crippen LogP) is 4.99. The van der Waals surface area contributed by atoms with Crippen molar-refractivity contribution in [2.45, 2.75) is 78.1 Å². The third-order valence-electron chi connectivity index (χ3n) is 8.25. The second kappa shape index (κ2) is 4.34. The fourth-order valence-electron chi connectivity index (χ4n) is 7.00. The summed E-state index contributed by atoms with van der Waals surface area (Å²) < 4.78 is 0. The van der Waals surface area contributed by atoms with E-state index in [1.807, 2.05) is 0 Å². The fourth-order valence-corrected chi connectivity index (χ4v) is 7.00. The van der Waals surface area contributed by atoms with E-state index in [2.05, 4.69) is 13.8 Å². The molecule has 4 aliphatic rings. The highest BCUT2D eigenvalue weighted by Crippen LogP contribution is 2.65. The topological polar surface area (TPSA) is 17.1 Å². The van der Waals surface area contributed by atoms with Crippen LogP contribution in [-0.4, -0.2) is 5.78 Å². The van der Waals surface area contributed by atoms with Crippen LogP contribution >= 0.6 is 0 Å². The average Bonchev–Trinajstić information content (AvgIpc) is 2.83. The third kappa shape index (κ3) is 1.58. The highest BCUT2D eigenvalue weighted by atomic mass is 16.1. The molecule has 0 heterocycles. The molecule has 4 saturated carbocycles. The van der Waals surface area contributed by atoms with E-state index in [1.54, 1.807) is 0 Å². The summed E-state index contributed by atoms with van der Waals surface area (Å²) in [5.74, 6) is 3.89. The molecule has 4 aliphatic carbocycles. The van der Waals surface area contributed by atoms with Crippen molar-refractivity contribution >= 4 is 5.78 Å². The van der Waals surface area contributed by atoms with Gasteiger partial charge in [0.15, 0.2) is 0 Å². The Kier molecular flexibility index (Phi) is 2.89. The zero-order valence-electron chi connectivity index (χ0n) is 13.3. The van der Waals surface area contributed by atoms with Gasteiger partial charge < -0.3 is 0 Å². The van der Waals surface area contributed by atoms with Gasteiger partial charge in [-0.15, -0.1) is 0 Å². The summed E-state index contributed by atoms with van der Waals surface area (Å²) in [4.78, 5) is 12.9. The second-order valence-corrected chi connectivity index (χ2v) is 8.84. The summed E-state index contributed by atoms with van der Waals surface area (Å²) in [6.45, 7) is 4.86. The van der Waals surface area contributed by atoms with Crippen molar-refractivity contribution in [1.29, 1.82) is 0 Å². The highest BCUT2D eigenvalue weighted by molar-refractivity contribution is 5.86. The lowest BCUT2D eigenvalue weighted by atomic mass is 9.45. The van der Waals surface area contributed by atoms with Gasteiger partial charge in [-0.2, -0.15) is 0 Å². The van der Waals surface area contributed by atoms with Crippen molar-refractivity contribution in [2.24, 2.45) is 34.5 Å². The summed E-state index contributed by atoms with van der Waals surface area (Å²) in [6, 6.07) is 0. The first-order chi connectivity index (χ1) is 9.56. The molecular formula is C19H30O. The van der Waals surface area contributed by atoms with E-state index in [1.165, 1.54) is 57.8 Å². The minimum absolute atomic E-state index is 0.0685. The van der Waals surface area contributed by atoms with Gasteiger partial charge >= 0.3 is 0 Å². The van der Waals surface area contributed by atoms with Gasteiger partial charge in [0.25, 0.3) is 0 Å². The first-order valence-corrected chi connectivity index (χ1v) is 9.09. The lowest BCUT2D eigenvalue weighted by Gasteiger charge is -2.59. The van der Waals surface area contributed by atoms with Gasteiger partial charge in [-0.25, -0.2) is 0 Å². The molecule has 1 nitrogen and oxygen atoms in total. The van der Waals surface area contributed by atoms with Crippen LogP contribution in [-0.2, 0) is 4.79 Å². The van der Waals surface area contributed by atoms with Gasteiger partial charge in [-0.1, -0.05) is 33.1 Å². The number of ketones is 1. The van der Waals surface area contributed by atoms with Gasteiger partial charge in [0.1, 0.15) is 5.78 Å². The van der Waals surface area contributed by atoms with Gasteiger partial charge in [-0.3, -0.25) is 4.79 Å². The van der Waals surface area contributed by atoms with E-state index in [9.17, 15) is 4.79 Å². The van der Waals surface area contributed by atoms with E-state index in [4.69, 9.17) is 0 Å². The number of fused-ring (bicyclic) bond motifs is 5. The molecule has 4 rings (SSSR count). The lowest BCUT2D eigenvalue weighted by molar-refractivity contribution is -0.152. The van der Waals surface area contributed by atoms with Gasteiger partial charge in [0.05, 0.1) is 0 Å². The SMILES string of the molecule is C[C@]12CCCC[C@@H]1CC[C@@H]1[C@@H]2CC(=O)[C@]2(C)CCC[C@@H]12. The zero-order valence-corrected chi connectivity index (χ0v) is 13.3. The van der Waals surface area contributed by atoms with Crippen molar-refractivity contribution in [2.75, 3.05) is 0 Å². The van der Waals surface area contributed by atoms with E-state index in [0.29, 0.717) is 11.2 Å². The molecule has 0 aliphatic heterocycles. The molecule has 4 fully saturated rings. The van der Waals surface area contributed by atoms with Crippen LogP contribution in [0, 0.1) is 34.5 Å². The molecule has 0 aromatic carbocycles. The molecule has 0 radical (unpaired) electrons. The standard InChI is InChI=1S/C19H30O/c1-18-10-4-3-6-13(18)8-9-14-15-7-5-11-19(15,2)17(20)12-16(14)18/h13-16H,3-12H2,1-2H3/t13-,14+,15+,16+,18+,19-/m1/s1. The Balaban J connectivity index is 1.70. The minimum Gasteiger partial charge on any atom is -0.299 e.